The number of rotatable bonds is 3. The van der Waals surface area contributed by atoms with Gasteiger partial charge in [-0.3, -0.25) is 10.1 Å². The number of aromatic nitrogens is 2. The Labute approximate surface area is 80.5 Å². The van der Waals surface area contributed by atoms with Gasteiger partial charge in [0.05, 0.1) is 6.04 Å². The first kappa shape index (κ1) is 10.1. The number of aryl methyl sites for hydroxylation is 1. The highest BCUT2D eigenvalue weighted by molar-refractivity contribution is 7.09. The number of nitrogens with two attached hydrogens (primary N) is 1. The molecule has 13 heavy (non-hydrogen) atoms. The van der Waals surface area contributed by atoms with E-state index in [2.05, 4.69) is 14.7 Å². The number of hydrogen-bond acceptors (Lipinski definition) is 5. The highest BCUT2D eigenvalue weighted by atomic mass is 32.1. The van der Waals surface area contributed by atoms with Gasteiger partial charge >= 0.3 is 0 Å². The SMILES string of the molecule is CC[C@H](N)C(=O)Nc1nc(C)ns1. The van der Waals surface area contributed by atoms with Gasteiger partial charge in [0, 0.05) is 11.5 Å². The van der Waals surface area contributed by atoms with E-state index in [1.807, 2.05) is 6.92 Å². The summed E-state index contributed by atoms with van der Waals surface area (Å²) in [5.41, 5.74) is 5.52. The molecular formula is C7H12N4OS. The number of carbonyl (C=O) groups is 1. The number of anilines is 1. The lowest BCUT2D eigenvalue weighted by Gasteiger charge is -2.06. The average molecular weight is 200 g/mol. The molecule has 0 radical (unpaired) electrons. The summed E-state index contributed by atoms with van der Waals surface area (Å²) < 4.78 is 3.93. The van der Waals surface area contributed by atoms with Crippen molar-refractivity contribution in [2.75, 3.05) is 5.32 Å². The maximum atomic E-state index is 11.3. The van der Waals surface area contributed by atoms with Crippen LogP contribution in [0.25, 0.3) is 0 Å². The summed E-state index contributed by atoms with van der Waals surface area (Å²) in [6.45, 7) is 3.63. The molecule has 0 spiro atoms. The van der Waals surface area contributed by atoms with Crippen molar-refractivity contribution < 1.29 is 4.79 Å². The van der Waals surface area contributed by atoms with Gasteiger partial charge in [-0.1, -0.05) is 6.92 Å². The molecule has 6 heteroatoms. The fourth-order valence-electron chi connectivity index (χ4n) is 0.731. The van der Waals surface area contributed by atoms with Crippen LogP contribution in [0.15, 0.2) is 0 Å². The van der Waals surface area contributed by atoms with Gasteiger partial charge in [-0.2, -0.15) is 4.37 Å². The van der Waals surface area contributed by atoms with E-state index in [-0.39, 0.29) is 5.91 Å². The fourth-order valence-corrected chi connectivity index (χ4v) is 1.31. The van der Waals surface area contributed by atoms with Crippen LogP contribution in [0.2, 0.25) is 0 Å². The van der Waals surface area contributed by atoms with E-state index in [0.717, 1.165) is 11.5 Å². The summed E-state index contributed by atoms with van der Waals surface area (Å²) >= 11 is 1.16. The predicted octanol–water partition coefficient (Wildman–Crippen LogP) is 0.522. The third-order valence-corrected chi connectivity index (χ3v) is 2.26. The van der Waals surface area contributed by atoms with Gasteiger partial charge in [0.15, 0.2) is 0 Å². The van der Waals surface area contributed by atoms with Crippen LogP contribution in [0.4, 0.5) is 5.13 Å². The van der Waals surface area contributed by atoms with E-state index in [0.29, 0.717) is 17.4 Å². The van der Waals surface area contributed by atoms with Crippen LogP contribution < -0.4 is 11.1 Å². The lowest BCUT2D eigenvalue weighted by atomic mass is 10.2. The Balaban J connectivity index is 2.54. The van der Waals surface area contributed by atoms with Crippen LogP contribution in [0.5, 0.6) is 0 Å². The maximum Gasteiger partial charge on any atom is 0.243 e. The average Bonchev–Trinajstić information content (AvgIpc) is 2.49. The van der Waals surface area contributed by atoms with Crippen LogP contribution in [-0.2, 0) is 4.79 Å². The van der Waals surface area contributed by atoms with Crippen LogP contribution in [0.1, 0.15) is 19.2 Å². The molecule has 1 aromatic rings. The van der Waals surface area contributed by atoms with Gasteiger partial charge in [0.1, 0.15) is 5.82 Å². The predicted molar refractivity (Wildman–Crippen MR) is 51.5 cm³/mol. The molecule has 0 saturated carbocycles. The minimum Gasteiger partial charge on any atom is -0.320 e. The molecule has 1 amide bonds. The summed E-state index contributed by atoms with van der Waals surface area (Å²) in [5, 5.41) is 3.10. The van der Waals surface area contributed by atoms with Crippen molar-refractivity contribution in [2.45, 2.75) is 26.3 Å². The van der Waals surface area contributed by atoms with Crippen LogP contribution in [0, 0.1) is 6.92 Å². The molecule has 1 rings (SSSR count). The number of hydrogen-bond donors (Lipinski definition) is 2. The highest BCUT2D eigenvalue weighted by Gasteiger charge is 2.12. The van der Waals surface area contributed by atoms with Crippen molar-refractivity contribution in [3.8, 4) is 0 Å². The van der Waals surface area contributed by atoms with Crippen molar-refractivity contribution in [1.82, 2.24) is 9.36 Å². The third-order valence-electron chi connectivity index (χ3n) is 1.53. The summed E-state index contributed by atoms with van der Waals surface area (Å²) in [5.74, 6) is 0.448. The van der Waals surface area contributed by atoms with E-state index in [1.54, 1.807) is 6.92 Å². The second-order valence-corrected chi connectivity index (χ2v) is 3.40. The molecule has 0 bridgehead atoms. The Kier molecular flexibility index (Phi) is 3.32. The second-order valence-electron chi connectivity index (χ2n) is 2.65. The Morgan fingerprint density at radius 1 is 1.77 bits per heavy atom. The summed E-state index contributed by atoms with van der Waals surface area (Å²) in [7, 11) is 0. The first-order chi connectivity index (χ1) is 6.13. The normalized spacial score (nSPS) is 12.5. The van der Waals surface area contributed by atoms with Gasteiger partial charge in [-0.05, 0) is 13.3 Å². The summed E-state index contributed by atoms with van der Waals surface area (Å²) in [6.07, 6.45) is 0.615. The van der Waals surface area contributed by atoms with E-state index in [4.69, 9.17) is 5.73 Å². The van der Waals surface area contributed by atoms with Gasteiger partial charge in [-0.15, -0.1) is 0 Å². The van der Waals surface area contributed by atoms with E-state index >= 15 is 0 Å². The number of amides is 1. The minimum atomic E-state index is -0.468. The first-order valence-corrected chi connectivity index (χ1v) is 4.77. The molecule has 0 aliphatic heterocycles. The maximum absolute atomic E-state index is 11.3. The molecule has 0 unspecified atom stereocenters. The quantitative estimate of drug-likeness (QED) is 0.745. The fraction of sp³-hybridized carbons (Fsp3) is 0.571. The molecule has 72 valence electrons. The highest BCUT2D eigenvalue weighted by Crippen LogP contribution is 2.10. The Bertz CT molecular complexity index is 298. The van der Waals surface area contributed by atoms with E-state index in [1.165, 1.54) is 0 Å². The number of nitrogens with zero attached hydrogens (tertiary/aromatic N) is 2. The van der Waals surface area contributed by atoms with Gasteiger partial charge < -0.3 is 5.73 Å². The Morgan fingerprint density at radius 2 is 2.46 bits per heavy atom. The van der Waals surface area contributed by atoms with Crippen LogP contribution >= 0.6 is 11.5 Å². The zero-order valence-electron chi connectivity index (χ0n) is 7.57. The standard InChI is InChI=1S/C7H12N4OS/c1-3-5(8)6(12)10-7-9-4(2)11-13-7/h5H,3,8H2,1-2H3,(H,9,10,11,12)/t5-/m0/s1. The smallest absolute Gasteiger partial charge is 0.243 e. The molecule has 1 aromatic heterocycles. The largest absolute Gasteiger partial charge is 0.320 e. The second kappa shape index (κ2) is 4.29. The first-order valence-electron chi connectivity index (χ1n) is 4.00. The summed E-state index contributed by atoms with van der Waals surface area (Å²) in [6, 6.07) is -0.468. The molecule has 5 nitrogen and oxygen atoms in total. The lowest BCUT2D eigenvalue weighted by molar-refractivity contribution is -0.117. The molecule has 1 atom stereocenters. The zero-order chi connectivity index (χ0) is 9.84. The molecule has 1 heterocycles. The molecule has 3 N–H and O–H groups in total. The molecule has 0 aliphatic carbocycles. The van der Waals surface area contributed by atoms with Crippen LogP contribution in [-0.4, -0.2) is 21.3 Å². The van der Waals surface area contributed by atoms with Gasteiger partial charge in [-0.25, -0.2) is 4.98 Å². The van der Waals surface area contributed by atoms with Crippen molar-refractivity contribution in [3.05, 3.63) is 5.82 Å². The Hall–Kier alpha value is -1.01. The number of carbonyl (C=O) groups excluding carboxylic acids is 1. The van der Waals surface area contributed by atoms with Crippen molar-refractivity contribution in [1.29, 1.82) is 0 Å². The topological polar surface area (TPSA) is 80.9 Å². The molecule has 0 fully saturated rings. The number of nitrogens with one attached hydrogen (secondary N) is 1. The van der Waals surface area contributed by atoms with E-state index < -0.39 is 6.04 Å². The minimum absolute atomic E-state index is 0.210. The van der Waals surface area contributed by atoms with E-state index in [9.17, 15) is 4.79 Å². The van der Waals surface area contributed by atoms with Crippen molar-refractivity contribution in [2.24, 2.45) is 5.73 Å². The van der Waals surface area contributed by atoms with Crippen molar-refractivity contribution in [3.63, 3.8) is 0 Å². The molecule has 0 aliphatic rings. The molecular weight excluding hydrogens is 188 g/mol. The Morgan fingerprint density at radius 3 is 2.92 bits per heavy atom. The van der Waals surface area contributed by atoms with Crippen LogP contribution in [0.3, 0.4) is 0 Å². The molecule has 0 saturated heterocycles. The third kappa shape index (κ3) is 2.74. The zero-order valence-corrected chi connectivity index (χ0v) is 8.39. The monoisotopic (exact) mass is 200 g/mol. The van der Waals surface area contributed by atoms with Gasteiger partial charge in [0.2, 0.25) is 11.0 Å². The lowest BCUT2D eigenvalue weighted by Crippen LogP contribution is -2.34. The molecule has 0 aromatic carbocycles. The summed E-state index contributed by atoms with van der Waals surface area (Å²) in [4.78, 5) is 15.2. The van der Waals surface area contributed by atoms with Gasteiger partial charge in [0.25, 0.3) is 0 Å². The van der Waals surface area contributed by atoms with Crippen molar-refractivity contribution >= 4 is 22.6 Å².